The lowest BCUT2D eigenvalue weighted by Crippen LogP contribution is -2.12. The largest absolute Gasteiger partial charge is 0.459 e. The first-order chi connectivity index (χ1) is 6.34. The molecule has 2 rings (SSSR count). The molecule has 0 atom stereocenters. The number of nitrogens with zero attached hydrogens (tertiary/aromatic N) is 1. The van der Waals surface area contributed by atoms with Crippen LogP contribution < -0.4 is 0 Å². The molecule has 0 amide bonds. The van der Waals surface area contributed by atoms with E-state index in [0.29, 0.717) is 19.1 Å². The van der Waals surface area contributed by atoms with Gasteiger partial charge in [0.1, 0.15) is 6.61 Å². The Hall–Kier alpha value is -0.860. The molecule has 0 aromatic heterocycles. The van der Waals surface area contributed by atoms with Crippen molar-refractivity contribution >= 4 is 11.7 Å². The third-order valence-corrected chi connectivity index (χ3v) is 2.69. The fraction of sp³-hybridized carbons (Fsp3) is 0.800. The number of rotatable bonds is 1. The third-order valence-electron chi connectivity index (χ3n) is 2.69. The summed E-state index contributed by atoms with van der Waals surface area (Å²) in [5, 5.41) is 0. The zero-order chi connectivity index (χ0) is 9.10. The first kappa shape index (κ1) is 8.73. The van der Waals surface area contributed by atoms with Gasteiger partial charge in [-0.15, -0.1) is 0 Å². The predicted molar refractivity (Wildman–Crippen MR) is 49.9 cm³/mol. The zero-order valence-corrected chi connectivity index (χ0v) is 7.79. The van der Waals surface area contributed by atoms with Gasteiger partial charge < -0.3 is 4.74 Å². The Bertz CT molecular complexity index is 229. The number of aliphatic imine (C=N–C) groups is 1. The molecule has 3 nitrogen and oxygen atoms in total. The minimum absolute atomic E-state index is 0.116. The lowest BCUT2D eigenvalue weighted by Gasteiger charge is -2.17. The van der Waals surface area contributed by atoms with E-state index < -0.39 is 0 Å². The van der Waals surface area contributed by atoms with Crippen molar-refractivity contribution in [1.82, 2.24) is 0 Å². The summed E-state index contributed by atoms with van der Waals surface area (Å²) in [6.07, 6.45) is 6.73. The molecule has 2 fully saturated rings. The summed E-state index contributed by atoms with van der Waals surface area (Å²) in [5.74, 6) is -0.116. The Labute approximate surface area is 78.2 Å². The van der Waals surface area contributed by atoms with Gasteiger partial charge in [0, 0.05) is 0 Å². The normalized spacial score (nSPS) is 28.0. The van der Waals surface area contributed by atoms with Crippen molar-refractivity contribution in [2.45, 2.75) is 44.6 Å². The van der Waals surface area contributed by atoms with Crippen LogP contribution in [0.5, 0.6) is 0 Å². The van der Waals surface area contributed by atoms with Gasteiger partial charge in [-0.1, -0.05) is 19.3 Å². The second-order valence-corrected chi connectivity index (χ2v) is 3.82. The molecular weight excluding hydrogens is 166 g/mol. The van der Waals surface area contributed by atoms with E-state index in [-0.39, 0.29) is 5.97 Å². The van der Waals surface area contributed by atoms with Gasteiger partial charge in [0.2, 0.25) is 0 Å². The number of carbonyl (C=O) groups is 1. The first-order valence-electron chi connectivity index (χ1n) is 5.06. The molecule has 0 radical (unpaired) electrons. The maximum absolute atomic E-state index is 10.8. The van der Waals surface area contributed by atoms with Crippen molar-refractivity contribution < 1.29 is 9.53 Å². The topological polar surface area (TPSA) is 38.7 Å². The molecular formula is C10H15NO2. The van der Waals surface area contributed by atoms with E-state index in [1.807, 2.05) is 0 Å². The van der Waals surface area contributed by atoms with E-state index >= 15 is 0 Å². The molecule has 0 aromatic carbocycles. The van der Waals surface area contributed by atoms with Crippen molar-refractivity contribution in [1.29, 1.82) is 0 Å². The Balaban J connectivity index is 1.90. The Morgan fingerprint density at radius 2 is 2.00 bits per heavy atom. The summed E-state index contributed by atoms with van der Waals surface area (Å²) in [5.41, 5.74) is 0.955. The number of esters is 1. The SMILES string of the molecule is O=C1CC(=NC2CCCCC2)CO1. The third kappa shape index (κ3) is 2.29. The van der Waals surface area contributed by atoms with E-state index in [9.17, 15) is 4.79 Å². The molecule has 3 heteroatoms. The fourth-order valence-electron chi connectivity index (χ4n) is 1.98. The van der Waals surface area contributed by atoms with Crippen LogP contribution in [-0.2, 0) is 9.53 Å². The van der Waals surface area contributed by atoms with Crippen molar-refractivity contribution in [2.75, 3.05) is 6.61 Å². The van der Waals surface area contributed by atoms with Gasteiger partial charge >= 0.3 is 5.97 Å². The molecule has 0 spiro atoms. The van der Waals surface area contributed by atoms with Crippen LogP contribution in [-0.4, -0.2) is 24.3 Å². The minimum atomic E-state index is -0.116. The highest BCUT2D eigenvalue weighted by atomic mass is 16.5. The molecule has 0 bridgehead atoms. The number of carbonyl (C=O) groups excluding carboxylic acids is 1. The molecule has 0 N–H and O–H groups in total. The Morgan fingerprint density at radius 3 is 2.62 bits per heavy atom. The fourth-order valence-corrected chi connectivity index (χ4v) is 1.98. The minimum Gasteiger partial charge on any atom is -0.459 e. The van der Waals surface area contributed by atoms with Crippen molar-refractivity contribution in [3.8, 4) is 0 Å². The van der Waals surface area contributed by atoms with Crippen molar-refractivity contribution in [3.63, 3.8) is 0 Å². The van der Waals surface area contributed by atoms with Crippen LogP contribution in [0.15, 0.2) is 4.99 Å². The van der Waals surface area contributed by atoms with Crippen LogP contribution in [0.3, 0.4) is 0 Å². The van der Waals surface area contributed by atoms with Crippen LogP contribution in [0, 0.1) is 0 Å². The summed E-state index contributed by atoms with van der Waals surface area (Å²) < 4.78 is 4.84. The quantitative estimate of drug-likeness (QED) is 0.577. The van der Waals surface area contributed by atoms with Gasteiger partial charge in [0.15, 0.2) is 0 Å². The molecule has 2 aliphatic rings. The summed E-state index contributed by atoms with van der Waals surface area (Å²) in [7, 11) is 0. The van der Waals surface area contributed by atoms with Crippen LogP contribution in [0.2, 0.25) is 0 Å². The molecule has 13 heavy (non-hydrogen) atoms. The molecule has 0 unspecified atom stereocenters. The molecule has 1 heterocycles. The van der Waals surface area contributed by atoms with Gasteiger partial charge in [0.25, 0.3) is 0 Å². The molecule has 1 aliphatic carbocycles. The number of hydrogen-bond donors (Lipinski definition) is 0. The summed E-state index contributed by atoms with van der Waals surface area (Å²) >= 11 is 0. The lowest BCUT2D eigenvalue weighted by molar-refractivity contribution is -0.137. The van der Waals surface area contributed by atoms with Crippen LogP contribution in [0.1, 0.15) is 38.5 Å². The van der Waals surface area contributed by atoms with Crippen molar-refractivity contribution in [3.05, 3.63) is 0 Å². The highest BCUT2D eigenvalue weighted by Gasteiger charge is 2.20. The van der Waals surface area contributed by atoms with Gasteiger partial charge in [-0.3, -0.25) is 9.79 Å². The molecule has 0 aromatic rings. The molecule has 1 saturated heterocycles. The first-order valence-corrected chi connectivity index (χ1v) is 5.06. The van der Waals surface area contributed by atoms with Gasteiger partial charge in [-0.2, -0.15) is 0 Å². The van der Waals surface area contributed by atoms with Crippen molar-refractivity contribution in [2.24, 2.45) is 4.99 Å². The smallest absolute Gasteiger partial charge is 0.312 e. The summed E-state index contributed by atoms with van der Waals surface area (Å²) in [6.45, 7) is 0.440. The molecule has 1 saturated carbocycles. The van der Waals surface area contributed by atoms with E-state index in [2.05, 4.69) is 4.99 Å². The number of ether oxygens (including phenoxy) is 1. The Kier molecular flexibility index (Phi) is 2.62. The van der Waals surface area contributed by atoms with Crippen LogP contribution >= 0.6 is 0 Å². The maximum Gasteiger partial charge on any atom is 0.312 e. The zero-order valence-electron chi connectivity index (χ0n) is 7.79. The standard InChI is InChI=1S/C10H15NO2/c12-10-6-9(7-13-10)11-8-4-2-1-3-5-8/h8H,1-7H2. The van der Waals surface area contributed by atoms with E-state index in [0.717, 1.165) is 5.71 Å². The summed E-state index contributed by atoms with van der Waals surface area (Å²) in [4.78, 5) is 15.3. The maximum atomic E-state index is 10.8. The highest BCUT2D eigenvalue weighted by molar-refractivity contribution is 6.04. The average Bonchev–Trinajstić information content (AvgIpc) is 2.53. The van der Waals surface area contributed by atoms with E-state index in [1.54, 1.807) is 0 Å². The highest BCUT2D eigenvalue weighted by Crippen LogP contribution is 2.21. The number of hydrogen-bond acceptors (Lipinski definition) is 3. The van der Waals surface area contributed by atoms with Crippen LogP contribution in [0.25, 0.3) is 0 Å². The van der Waals surface area contributed by atoms with Crippen LogP contribution in [0.4, 0.5) is 0 Å². The predicted octanol–water partition coefficient (Wildman–Crippen LogP) is 1.71. The lowest BCUT2D eigenvalue weighted by atomic mass is 9.96. The second-order valence-electron chi connectivity index (χ2n) is 3.82. The van der Waals surface area contributed by atoms with Gasteiger partial charge in [-0.25, -0.2) is 0 Å². The van der Waals surface area contributed by atoms with Gasteiger partial charge in [-0.05, 0) is 12.8 Å². The molecule has 1 aliphatic heterocycles. The summed E-state index contributed by atoms with van der Waals surface area (Å²) in [6, 6.07) is 0.471. The second kappa shape index (κ2) is 3.90. The number of cyclic esters (lactones) is 1. The van der Waals surface area contributed by atoms with E-state index in [4.69, 9.17) is 4.74 Å². The van der Waals surface area contributed by atoms with E-state index in [1.165, 1.54) is 32.1 Å². The monoisotopic (exact) mass is 181 g/mol. The average molecular weight is 181 g/mol. The van der Waals surface area contributed by atoms with Gasteiger partial charge in [0.05, 0.1) is 18.2 Å². The Morgan fingerprint density at radius 1 is 1.23 bits per heavy atom. The molecule has 72 valence electrons.